The second-order valence-corrected chi connectivity index (χ2v) is 4.82. The van der Waals surface area contributed by atoms with Crippen molar-refractivity contribution >= 4 is 0 Å². The van der Waals surface area contributed by atoms with Crippen molar-refractivity contribution in [1.29, 1.82) is 0 Å². The van der Waals surface area contributed by atoms with E-state index in [9.17, 15) is 0 Å². The maximum atomic E-state index is 4.00. The van der Waals surface area contributed by atoms with Gasteiger partial charge in [0.1, 0.15) is 0 Å². The highest BCUT2D eigenvalue weighted by Crippen LogP contribution is 2.49. The van der Waals surface area contributed by atoms with Crippen LogP contribution in [0.5, 0.6) is 0 Å². The second kappa shape index (κ2) is 4.28. The number of nitrogens with one attached hydrogen (secondary N) is 1. The molecule has 13 heavy (non-hydrogen) atoms. The summed E-state index contributed by atoms with van der Waals surface area (Å²) in [6.45, 7) is 11.9. The molecule has 1 rings (SSSR count). The molecule has 1 N–H and O–H groups in total. The Labute approximate surface area is 82.6 Å². The van der Waals surface area contributed by atoms with Crippen LogP contribution in [0.15, 0.2) is 12.2 Å². The van der Waals surface area contributed by atoms with Crippen LogP contribution in [0.3, 0.4) is 0 Å². The number of rotatable bonds is 6. The van der Waals surface area contributed by atoms with Crippen LogP contribution in [0.1, 0.15) is 46.5 Å². The van der Waals surface area contributed by atoms with Gasteiger partial charge in [-0.2, -0.15) is 0 Å². The summed E-state index contributed by atoms with van der Waals surface area (Å²) in [6.07, 6.45) is 5.16. The van der Waals surface area contributed by atoms with Gasteiger partial charge < -0.3 is 5.32 Å². The van der Waals surface area contributed by atoms with E-state index >= 15 is 0 Å². The highest BCUT2D eigenvalue weighted by Gasteiger charge is 2.43. The second-order valence-electron chi connectivity index (χ2n) is 4.82. The Balaban J connectivity index is 2.39. The first-order valence-corrected chi connectivity index (χ1v) is 5.46. The molecule has 1 aliphatic carbocycles. The van der Waals surface area contributed by atoms with E-state index in [0.29, 0.717) is 11.5 Å². The summed E-state index contributed by atoms with van der Waals surface area (Å²) in [5.41, 5.74) is 1.88. The van der Waals surface area contributed by atoms with E-state index in [1.807, 2.05) is 0 Å². The van der Waals surface area contributed by atoms with Crippen LogP contribution in [0, 0.1) is 5.41 Å². The lowest BCUT2D eigenvalue weighted by Crippen LogP contribution is -2.36. The lowest BCUT2D eigenvalue weighted by Gasteiger charge is -2.25. The molecule has 0 aromatic carbocycles. The standard InChI is InChI=1S/C12H23N/c1-5-8-13-11(9-10(2)3)12(4)6-7-12/h11,13H,2,5-9H2,1,3-4H3. The third-order valence-electron chi connectivity index (χ3n) is 3.07. The summed E-state index contributed by atoms with van der Waals surface area (Å²) in [4.78, 5) is 0. The third-order valence-corrected chi connectivity index (χ3v) is 3.07. The zero-order valence-electron chi connectivity index (χ0n) is 9.32. The fourth-order valence-electron chi connectivity index (χ4n) is 1.78. The Morgan fingerprint density at radius 1 is 1.54 bits per heavy atom. The number of hydrogen-bond acceptors (Lipinski definition) is 1. The van der Waals surface area contributed by atoms with Gasteiger partial charge in [0.15, 0.2) is 0 Å². The Kier molecular flexibility index (Phi) is 3.55. The van der Waals surface area contributed by atoms with E-state index in [2.05, 4.69) is 32.7 Å². The SMILES string of the molecule is C=C(C)CC(NCCC)C1(C)CC1. The largest absolute Gasteiger partial charge is 0.313 e. The van der Waals surface area contributed by atoms with Crippen LogP contribution in [0.25, 0.3) is 0 Å². The molecule has 0 radical (unpaired) electrons. The van der Waals surface area contributed by atoms with Crippen molar-refractivity contribution in [2.45, 2.75) is 52.5 Å². The van der Waals surface area contributed by atoms with Crippen molar-refractivity contribution in [1.82, 2.24) is 5.32 Å². The molecule has 0 heterocycles. The van der Waals surface area contributed by atoms with E-state index in [4.69, 9.17) is 0 Å². The predicted molar refractivity (Wildman–Crippen MR) is 58.9 cm³/mol. The molecule has 0 aromatic rings. The van der Waals surface area contributed by atoms with Gasteiger partial charge in [-0.15, -0.1) is 6.58 Å². The summed E-state index contributed by atoms with van der Waals surface area (Å²) >= 11 is 0. The summed E-state index contributed by atoms with van der Waals surface area (Å²) < 4.78 is 0. The minimum absolute atomic E-state index is 0.578. The van der Waals surface area contributed by atoms with Gasteiger partial charge in [0.25, 0.3) is 0 Å². The molecular weight excluding hydrogens is 158 g/mol. The molecule has 1 atom stereocenters. The maximum absolute atomic E-state index is 4.00. The molecule has 0 bridgehead atoms. The first kappa shape index (κ1) is 10.8. The first-order chi connectivity index (χ1) is 6.08. The van der Waals surface area contributed by atoms with Gasteiger partial charge in [-0.3, -0.25) is 0 Å². The van der Waals surface area contributed by atoms with Crippen molar-refractivity contribution in [2.75, 3.05) is 6.54 Å². The fraction of sp³-hybridized carbons (Fsp3) is 0.833. The summed E-state index contributed by atoms with van der Waals surface area (Å²) in [6, 6.07) is 0.671. The molecule has 1 aliphatic rings. The molecule has 0 spiro atoms. The molecular formula is C12H23N. The highest BCUT2D eigenvalue weighted by atomic mass is 14.9. The molecule has 0 aromatic heterocycles. The lowest BCUT2D eigenvalue weighted by molar-refractivity contribution is 0.354. The van der Waals surface area contributed by atoms with Gasteiger partial charge in [-0.25, -0.2) is 0 Å². The van der Waals surface area contributed by atoms with Crippen LogP contribution in [-0.4, -0.2) is 12.6 Å². The molecule has 0 saturated heterocycles. The fourth-order valence-corrected chi connectivity index (χ4v) is 1.78. The predicted octanol–water partition coefficient (Wildman–Crippen LogP) is 3.12. The minimum Gasteiger partial charge on any atom is -0.313 e. The van der Waals surface area contributed by atoms with Crippen molar-refractivity contribution in [3.05, 3.63) is 12.2 Å². The van der Waals surface area contributed by atoms with E-state index in [0.717, 1.165) is 13.0 Å². The zero-order valence-corrected chi connectivity index (χ0v) is 9.32. The minimum atomic E-state index is 0.578. The van der Waals surface area contributed by atoms with Gasteiger partial charge in [-0.1, -0.05) is 19.4 Å². The monoisotopic (exact) mass is 181 g/mol. The Bertz CT molecular complexity index is 180. The average Bonchev–Trinajstić information content (AvgIpc) is 2.78. The normalized spacial score (nSPS) is 21.2. The Hall–Kier alpha value is -0.300. The van der Waals surface area contributed by atoms with Gasteiger partial charge in [0, 0.05) is 6.04 Å². The van der Waals surface area contributed by atoms with Gasteiger partial charge in [0.05, 0.1) is 0 Å². The molecule has 1 heteroatoms. The Morgan fingerprint density at radius 2 is 2.15 bits per heavy atom. The van der Waals surface area contributed by atoms with Crippen molar-refractivity contribution < 1.29 is 0 Å². The Morgan fingerprint density at radius 3 is 2.54 bits per heavy atom. The molecule has 0 amide bonds. The van der Waals surface area contributed by atoms with Gasteiger partial charge in [0.2, 0.25) is 0 Å². The topological polar surface area (TPSA) is 12.0 Å². The number of hydrogen-bond donors (Lipinski definition) is 1. The summed E-state index contributed by atoms with van der Waals surface area (Å²) in [7, 11) is 0. The summed E-state index contributed by atoms with van der Waals surface area (Å²) in [5, 5.41) is 3.64. The van der Waals surface area contributed by atoms with Gasteiger partial charge >= 0.3 is 0 Å². The third kappa shape index (κ3) is 3.15. The van der Waals surface area contributed by atoms with Crippen LogP contribution in [0.2, 0.25) is 0 Å². The molecule has 1 saturated carbocycles. The molecule has 0 aliphatic heterocycles. The highest BCUT2D eigenvalue weighted by molar-refractivity contribution is 5.04. The van der Waals surface area contributed by atoms with Gasteiger partial charge in [-0.05, 0) is 44.6 Å². The van der Waals surface area contributed by atoms with Crippen LogP contribution >= 0.6 is 0 Å². The van der Waals surface area contributed by atoms with E-state index in [1.165, 1.54) is 24.8 Å². The maximum Gasteiger partial charge on any atom is 0.0158 e. The van der Waals surface area contributed by atoms with Crippen molar-refractivity contribution in [3.8, 4) is 0 Å². The van der Waals surface area contributed by atoms with Crippen LogP contribution in [0.4, 0.5) is 0 Å². The smallest absolute Gasteiger partial charge is 0.0158 e. The molecule has 1 unspecified atom stereocenters. The summed E-state index contributed by atoms with van der Waals surface area (Å²) in [5.74, 6) is 0. The van der Waals surface area contributed by atoms with Crippen molar-refractivity contribution in [2.24, 2.45) is 5.41 Å². The van der Waals surface area contributed by atoms with Crippen LogP contribution < -0.4 is 5.32 Å². The molecule has 1 nitrogen and oxygen atoms in total. The lowest BCUT2D eigenvalue weighted by atomic mass is 9.93. The quantitative estimate of drug-likeness (QED) is 0.621. The van der Waals surface area contributed by atoms with E-state index in [-0.39, 0.29) is 0 Å². The average molecular weight is 181 g/mol. The zero-order chi connectivity index (χ0) is 9.90. The molecule has 76 valence electrons. The van der Waals surface area contributed by atoms with E-state index in [1.54, 1.807) is 0 Å². The van der Waals surface area contributed by atoms with Crippen LogP contribution in [-0.2, 0) is 0 Å². The first-order valence-electron chi connectivity index (χ1n) is 5.46. The molecule has 1 fully saturated rings. The van der Waals surface area contributed by atoms with Crippen molar-refractivity contribution in [3.63, 3.8) is 0 Å². The van der Waals surface area contributed by atoms with E-state index < -0.39 is 0 Å².